The Morgan fingerprint density at radius 1 is 0.895 bits per heavy atom. The highest BCUT2D eigenvalue weighted by Crippen LogP contribution is 2.41. The van der Waals surface area contributed by atoms with Gasteiger partial charge in [-0.15, -0.1) is 0 Å². The molecule has 1 aliphatic rings. The lowest BCUT2D eigenvalue weighted by molar-refractivity contribution is 0.144. The van der Waals surface area contributed by atoms with E-state index < -0.39 is 0 Å². The topological polar surface area (TPSA) is 12.0 Å². The summed E-state index contributed by atoms with van der Waals surface area (Å²) in [4.78, 5) is 0. The highest BCUT2D eigenvalue weighted by Gasteiger charge is 2.42. The molecule has 1 fully saturated rings. The Hall–Kier alpha value is -0.0400. The van der Waals surface area contributed by atoms with Crippen LogP contribution in [-0.2, 0) is 0 Å². The van der Waals surface area contributed by atoms with Crippen molar-refractivity contribution in [1.29, 1.82) is 0 Å². The summed E-state index contributed by atoms with van der Waals surface area (Å²) in [5.41, 5.74) is 0.833. The Kier molecular flexibility index (Phi) is 7.42. The van der Waals surface area contributed by atoms with Gasteiger partial charge in [0, 0.05) is 5.54 Å². The molecule has 0 aromatic heterocycles. The van der Waals surface area contributed by atoms with Gasteiger partial charge in [0.2, 0.25) is 0 Å². The van der Waals surface area contributed by atoms with Crippen LogP contribution in [0.3, 0.4) is 0 Å². The van der Waals surface area contributed by atoms with Crippen LogP contribution in [0, 0.1) is 5.41 Å². The van der Waals surface area contributed by atoms with Crippen molar-refractivity contribution in [2.24, 2.45) is 5.41 Å². The van der Waals surface area contributed by atoms with Crippen molar-refractivity contribution >= 4 is 0 Å². The smallest absolute Gasteiger partial charge is 0.0230 e. The van der Waals surface area contributed by atoms with Gasteiger partial charge in [-0.2, -0.15) is 0 Å². The quantitative estimate of drug-likeness (QED) is 0.529. The number of nitrogens with one attached hydrogen (secondary N) is 1. The van der Waals surface area contributed by atoms with Gasteiger partial charge in [-0.25, -0.2) is 0 Å². The predicted octanol–water partition coefficient (Wildman–Crippen LogP) is 5.69. The van der Waals surface area contributed by atoms with Crippen LogP contribution >= 0.6 is 0 Å². The van der Waals surface area contributed by atoms with Crippen LogP contribution in [0.15, 0.2) is 0 Å². The first kappa shape index (κ1) is 17.0. The fourth-order valence-electron chi connectivity index (χ4n) is 3.60. The summed E-state index contributed by atoms with van der Waals surface area (Å²) < 4.78 is 0. The second-order valence-corrected chi connectivity index (χ2v) is 7.59. The minimum absolute atomic E-state index is 0.407. The average molecular weight is 268 g/mol. The van der Waals surface area contributed by atoms with E-state index in [0.29, 0.717) is 11.0 Å². The predicted molar refractivity (Wildman–Crippen MR) is 86.6 cm³/mol. The van der Waals surface area contributed by atoms with E-state index in [0.717, 1.165) is 0 Å². The van der Waals surface area contributed by atoms with Gasteiger partial charge in [0.05, 0.1) is 0 Å². The molecular weight excluding hydrogens is 230 g/mol. The fourth-order valence-corrected chi connectivity index (χ4v) is 3.60. The van der Waals surface area contributed by atoms with Crippen LogP contribution in [0.2, 0.25) is 0 Å². The molecule has 114 valence electrons. The third-order valence-corrected chi connectivity index (χ3v) is 5.14. The van der Waals surface area contributed by atoms with E-state index in [9.17, 15) is 0 Å². The molecule has 1 rings (SSSR count). The molecule has 1 heterocycles. The molecule has 1 aliphatic heterocycles. The van der Waals surface area contributed by atoms with Crippen LogP contribution in [0.4, 0.5) is 0 Å². The van der Waals surface area contributed by atoms with Gasteiger partial charge in [0.1, 0.15) is 0 Å². The highest BCUT2D eigenvalue weighted by molar-refractivity contribution is 5.01. The second kappa shape index (κ2) is 8.29. The molecule has 0 amide bonds. The molecule has 0 bridgehead atoms. The maximum atomic E-state index is 3.83. The normalized spacial score (nSPS) is 24.0. The Bertz CT molecular complexity index is 220. The third-order valence-electron chi connectivity index (χ3n) is 5.14. The monoisotopic (exact) mass is 267 g/mol. The van der Waals surface area contributed by atoms with Gasteiger partial charge in [-0.3, -0.25) is 0 Å². The van der Waals surface area contributed by atoms with Crippen molar-refractivity contribution in [3.8, 4) is 0 Å². The summed E-state index contributed by atoms with van der Waals surface area (Å²) in [5, 5.41) is 3.83. The van der Waals surface area contributed by atoms with Gasteiger partial charge < -0.3 is 5.32 Å². The maximum Gasteiger partial charge on any atom is 0.0230 e. The van der Waals surface area contributed by atoms with Crippen LogP contribution in [-0.4, -0.2) is 12.1 Å². The van der Waals surface area contributed by atoms with E-state index in [1.165, 1.54) is 77.2 Å². The van der Waals surface area contributed by atoms with E-state index in [1.54, 1.807) is 0 Å². The van der Waals surface area contributed by atoms with Crippen molar-refractivity contribution < 1.29 is 0 Å². The van der Waals surface area contributed by atoms with Gasteiger partial charge in [0.15, 0.2) is 0 Å². The molecule has 0 spiro atoms. The van der Waals surface area contributed by atoms with Gasteiger partial charge in [-0.1, -0.05) is 79.1 Å². The first-order valence-corrected chi connectivity index (χ1v) is 8.77. The maximum absolute atomic E-state index is 3.83. The molecule has 1 N–H and O–H groups in total. The molecule has 1 saturated heterocycles. The van der Waals surface area contributed by atoms with Crippen molar-refractivity contribution in [1.82, 2.24) is 5.32 Å². The minimum Gasteiger partial charge on any atom is -0.311 e. The fraction of sp³-hybridized carbons (Fsp3) is 1.00. The first-order chi connectivity index (χ1) is 9.02. The first-order valence-electron chi connectivity index (χ1n) is 8.77. The standard InChI is InChI=1S/C18H37N/c1-5-6-7-8-9-10-11-12-14-18(17(2,3)4)15-13-16-19-18/h19H,5-16H2,1-4H3. The zero-order valence-electron chi connectivity index (χ0n) is 14.0. The molecule has 1 heteroatoms. The summed E-state index contributed by atoms with van der Waals surface area (Å²) in [5.74, 6) is 0. The Balaban J connectivity index is 2.13. The Morgan fingerprint density at radius 3 is 1.95 bits per heavy atom. The van der Waals surface area contributed by atoms with Crippen molar-refractivity contribution in [3.63, 3.8) is 0 Å². The summed E-state index contributed by atoms with van der Waals surface area (Å²) in [6.45, 7) is 10.8. The average Bonchev–Trinajstić information content (AvgIpc) is 2.82. The summed E-state index contributed by atoms with van der Waals surface area (Å²) in [7, 11) is 0. The summed E-state index contributed by atoms with van der Waals surface area (Å²) in [6.07, 6.45) is 15.6. The molecule has 0 saturated carbocycles. The molecule has 1 nitrogen and oxygen atoms in total. The van der Waals surface area contributed by atoms with Crippen molar-refractivity contribution in [3.05, 3.63) is 0 Å². The van der Waals surface area contributed by atoms with Crippen LogP contribution < -0.4 is 5.32 Å². The molecule has 0 aromatic rings. The SMILES string of the molecule is CCCCCCCCCCC1(C(C)(C)C)CCCN1. The highest BCUT2D eigenvalue weighted by atomic mass is 15.0. The number of hydrogen-bond donors (Lipinski definition) is 1. The van der Waals surface area contributed by atoms with E-state index >= 15 is 0 Å². The minimum atomic E-state index is 0.407. The van der Waals surface area contributed by atoms with E-state index in [1.807, 2.05) is 0 Å². The van der Waals surface area contributed by atoms with Crippen molar-refractivity contribution in [2.45, 2.75) is 104 Å². The molecular formula is C18H37N. The van der Waals surface area contributed by atoms with Crippen LogP contribution in [0.1, 0.15) is 98.3 Å². The largest absolute Gasteiger partial charge is 0.311 e. The zero-order chi connectivity index (χ0) is 14.2. The molecule has 0 aromatic carbocycles. The lowest BCUT2D eigenvalue weighted by Crippen LogP contribution is -2.50. The van der Waals surface area contributed by atoms with E-state index in [4.69, 9.17) is 0 Å². The van der Waals surface area contributed by atoms with Crippen molar-refractivity contribution in [2.75, 3.05) is 6.54 Å². The Labute approximate surface area is 121 Å². The van der Waals surface area contributed by atoms with Crippen LogP contribution in [0.25, 0.3) is 0 Å². The number of rotatable bonds is 9. The molecule has 0 aliphatic carbocycles. The second-order valence-electron chi connectivity index (χ2n) is 7.59. The third kappa shape index (κ3) is 5.45. The summed E-state index contributed by atoms with van der Waals surface area (Å²) >= 11 is 0. The lowest BCUT2D eigenvalue weighted by Gasteiger charge is -2.42. The molecule has 19 heavy (non-hydrogen) atoms. The molecule has 1 unspecified atom stereocenters. The van der Waals surface area contributed by atoms with Crippen LogP contribution in [0.5, 0.6) is 0 Å². The lowest BCUT2D eigenvalue weighted by atomic mass is 9.70. The van der Waals surface area contributed by atoms with E-state index in [-0.39, 0.29) is 0 Å². The number of hydrogen-bond acceptors (Lipinski definition) is 1. The van der Waals surface area contributed by atoms with E-state index in [2.05, 4.69) is 33.0 Å². The van der Waals surface area contributed by atoms with Gasteiger partial charge >= 0.3 is 0 Å². The number of unbranched alkanes of at least 4 members (excludes halogenated alkanes) is 7. The molecule has 1 atom stereocenters. The van der Waals surface area contributed by atoms with Gasteiger partial charge in [-0.05, 0) is 31.2 Å². The van der Waals surface area contributed by atoms with Gasteiger partial charge in [0.25, 0.3) is 0 Å². The zero-order valence-corrected chi connectivity index (χ0v) is 14.0. The molecule has 0 radical (unpaired) electrons. The summed E-state index contributed by atoms with van der Waals surface area (Å²) in [6, 6.07) is 0. The Morgan fingerprint density at radius 2 is 1.47 bits per heavy atom.